The smallest absolute Gasteiger partial charge is 0.313 e. The molecule has 0 atom stereocenters. The van der Waals surface area contributed by atoms with Crippen LogP contribution in [0.25, 0.3) is 0 Å². The van der Waals surface area contributed by atoms with Gasteiger partial charge in [0.1, 0.15) is 0 Å². The Morgan fingerprint density at radius 2 is 2.10 bits per heavy atom. The molecule has 110 valence electrons. The maximum absolute atomic E-state index is 11.9. The van der Waals surface area contributed by atoms with Crippen LogP contribution >= 0.6 is 23.4 Å². The largest absolute Gasteiger partial charge is 0.481 e. The fraction of sp³-hybridized carbons (Fsp3) is 0.429. The molecule has 0 spiro atoms. The van der Waals surface area contributed by atoms with E-state index < -0.39 is 5.97 Å². The van der Waals surface area contributed by atoms with Crippen LogP contribution in [0.3, 0.4) is 0 Å². The summed E-state index contributed by atoms with van der Waals surface area (Å²) in [5.74, 6) is -0.122. The summed E-state index contributed by atoms with van der Waals surface area (Å²) in [6.45, 7) is 4.52. The summed E-state index contributed by atoms with van der Waals surface area (Å²) in [6.07, 6.45) is 0. The van der Waals surface area contributed by atoms with E-state index in [1.54, 1.807) is 12.1 Å². The third-order valence-corrected chi connectivity index (χ3v) is 3.91. The van der Waals surface area contributed by atoms with Gasteiger partial charge in [-0.3, -0.25) is 9.59 Å². The summed E-state index contributed by atoms with van der Waals surface area (Å²) in [5.41, 5.74) is 1.53. The number of halogens is 1. The summed E-state index contributed by atoms with van der Waals surface area (Å²) in [6, 6.07) is 5.28. The van der Waals surface area contributed by atoms with Crippen LogP contribution in [0.4, 0.5) is 0 Å². The van der Waals surface area contributed by atoms with E-state index in [1.165, 1.54) is 11.8 Å². The quantitative estimate of drug-likeness (QED) is 0.759. The highest BCUT2D eigenvalue weighted by Crippen LogP contribution is 2.25. The van der Waals surface area contributed by atoms with Crippen LogP contribution in [0.2, 0.25) is 5.02 Å². The Kier molecular flexibility index (Phi) is 6.88. The minimum absolute atomic E-state index is 0.0464. The van der Waals surface area contributed by atoms with Crippen LogP contribution in [0, 0.1) is 0 Å². The number of hydrogen-bond donors (Lipinski definition) is 2. The highest BCUT2D eigenvalue weighted by molar-refractivity contribution is 7.99. The Morgan fingerprint density at radius 1 is 1.40 bits per heavy atom. The number of thioether (sulfide) groups is 1. The number of carboxylic acids is 1. The predicted octanol–water partition coefficient (Wildman–Crippen LogP) is 3.01. The number of benzene rings is 1. The van der Waals surface area contributed by atoms with Gasteiger partial charge in [-0.2, -0.15) is 0 Å². The first-order chi connectivity index (χ1) is 9.41. The third kappa shape index (κ3) is 5.43. The van der Waals surface area contributed by atoms with Gasteiger partial charge in [0.2, 0.25) is 0 Å². The standard InChI is InChI=1S/C14H18ClNO3S/c1-9(2)11-4-3-10(7-12(11)15)14(19)16-5-6-20-8-13(17)18/h3-4,7,9H,5-6,8H2,1-2H3,(H,16,19)(H,17,18). The monoisotopic (exact) mass is 315 g/mol. The molecule has 0 saturated heterocycles. The lowest BCUT2D eigenvalue weighted by molar-refractivity contribution is -0.133. The fourth-order valence-corrected chi connectivity index (χ4v) is 2.60. The first kappa shape index (κ1) is 16.9. The second kappa shape index (κ2) is 8.17. The summed E-state index contributed by atoms with van der Waals surface area (Å²) < 4.78 is 0. The Balaban J connectivity index is 2.48. The summed E-state index contributed by atoms with van der Waals surface area (Å²) in [5, 5.41) is 11.8. The van der Waals surface area contributed by atoms with Crippen LogP contribution in [0.5, 0.6) is 0 Å². The normalized spacial score (nSPS) is 10.6. The zero-order chi connectivity index (χ0) is 15.1. The lowest BCUT2D eigenvalue weighted by Crippen LogP contribution is -2.26. The van der Waals surface area contributed by atoms with Gasteiger partial charge in [0, 0.05) is 22.9 Å². The van der Waals surface area contributed by atoms with Crippen molar-refractivity contribution in [1.29, 1.82) is 0 Å². The second-order valence-corrected chi connectivity index (χ2v) is 6.11. The first-order valence-corrected chi connectivity index (χ1v) is 7.82. The molecule has 1 aromatic carbocycles. The molecule has 1 rings (SSSR count). The maximum Gasteiger partial charge on any atom is 0.313 e. The summed E-state index contributed by atoms with van der Waals surface area (Å²) in [4.78, 5) is 22.2. The lowest BCUT2D eigenvalue weighted by atomic mass is 10.0. The molecule has 0 saturated carbocycles. The number of carboxylic acid groups (broad SMARTS) is 1. The van der Waals surface area contributed by atoms with Crippen LogP contribution < -0.4 is 5.32 Å². The molecule has 0 aliphatic rings. The van der Waals surface area contributed by atoms with E-state index in [-0.39, 0.29) is 11.7 Å². The molecule has 4 nitrogen and oxygen atoms in total. The van der Waals surface area contributed by atoms with E-state index in [1.807, 2.05) is 19.9 Å². The van der Waals surface area contributed by atoms with Crippen molar-refractivity contribution in [2.24, 2.45) is 0 Å². The molecular weight excluding hydrogens is 298 g/mol. The van der Waals surface area contributed by atoms with Gasteiger partial charge in [0.05, 0.1) is 5.75 Å². The lowest BCUT2D eigenvalue weighted by Gasteiger charge is -2.10. The van der Waals surface area contributed by atoms with Crippen molar-refractivity contribution in [1.82, 2.24) is 5.32 Å². The number of carbonyl (C=O) groups excluding carboxylic acids is 1. The van der Waals surface area contributed by atoms with Crippen LogP contribution in [0.1, 0.15) is 35.7 Å². The highest BCUT2D eigenvalue weighted by Gasteiger charge is 2.10. The number of hydrogen-bond acceptors (Lipinski definition) is 3. The van der Waals surface area contributed by atoms with Crippen molar-refractivity contribution in [3.8, 4) is 0 Å². The van der Waals surface area contributed by atoms with Crippen molar-refractivity contribution >= 4 is 35.2 Å². The van der Waals surface area contributed by atoms with Gasteiger partial charge in [0.15, 0.2) is 0 Å². The van der Waals surface area contributed by atoms with Crippen LogP contribution in [0.15, 0.2) is 18.2 Å². The summed E-state index contributed by atoms with van der Waals surface area (Å²) >= 11 is 7.41. The van der Waals surface area contributed by atoms with Gasteiger partial charge in [-0.25, -0.2) is 0 Å². The maximum atomic E-state index is 11.9. The number of nitrogens with one attached hydrogen (secondary N) is 1. The molecule has 2 N–H and O–H groups in total. The molecule has 0 aliphatic heterocycles. The van der Waals surface area contributed by atoms with E-state index in [0.29, 0.717) is 28.8 Å². The Bertz CT molecular complexity index is 491. The number of aliphatic carboxylic acids is 1. The average Bonchev–Trinajstić information content (AvgIpc) is 2.37. The third-order valence-electron chi connectivity index (χ3n) is 2.64. The molecule has 0 heterocycles. The SMILES string of the molecule is CC(C)c1ccc(C(=O)NCCSCC(=O)O)cc1Cl. The van der Waals surface area contributed by atoms with Gasteiger partial charge >= 0.3 is 5.97 Å². The molecule has 6 heteroatoms. The highest BCUT2D eigenvalue weighted by atomic mass is 35.5. The van der Waals surface area contributed by atoms with Crippen molar-refractivity contribution in [3.05, 3.63) is 34.3 Å². The molecule has 0 bridgehead atoms. The van der Waals surface area contributed by atoms with E-state index in [0.717, 1.165) is 5.56 Å². The van der Waals surface area contributed by atoms with E-state index in [2.05, 4.69) is 5.32 Å². The summed E-state index contributed by atoms with van der Waals surface area (Å²) in [7, 11) is 0. The van der Waals surface area contributed by atoms with Gasteiger partial charge in [-0.15, -0.1) is 11.8 Å². The average molecular weight is 316 g/mol. The number of carbonyl (C=O) groups is 2. The zero-order valence-corrected chi connectivity index (χ0v) is 13.1. The molecule has 1 amide bonds. The molecule has 0 aliphatic carbocycles. The molecule has 0 unspecified atom stereocenters. The Hall–Kier alpha value is -1.20. The van der Waals surface area contributed by atoms with Crippen LogP contribution in [-0.2, 0) is 4.79 Å². The van der Waals surface area contributed by atoms with Crippen molar-refractivity contribution < 1.29 is 14.7 Å². The molecule has 1 aromatic rings. The fourth-order valence-electron chi connectivity index (χ4n) is 1.63. The van der Waals surface area contributed by atoms with Crippen molar-refractivity contribution in [3.63, 3.8) is 0 Å². The van der Waals surface area contributed by atoms with E-state index in [9.17, 15) is 9.59 Å². The molecular formula is C14H18ClNO3S. The van der Waals surface area contributed by atoms with Gasteiger partial charge in [0.25, 0.3) is 5.91 Å². The second-order valence-electron chi connectivity index (χ2n) is 4.59. The molecule has 0 fully saturated rings. The van der Waals surface area contributed by atoms with Gasteiger partial charge < -0.3 is 10.4 Å². The topological polar surface area (TPSA) is 66.4 Å². The minimum atomic E-state index is -0.850. The number of amides is 1. The number of rotatable bonds is 7. The zero-order valence-electron chi connectivity index (χ0n) is 11.5. The minimum Gasteiger partial charge on any atom is -0.481 e. The predicted molar refractivity (Wildman–Crippen MR) is 82.8 cm³/mol. The van der Waals surface area contributed by atoms with Crippen LogP contribution in [-0.4, -0.2) is 35.0 Å². The van der Waals surface area contributed by atoms with Crippen molar-refractivity contribution in [2.45, 2.75) is 19.8 Å². The Labute approximate surface area is 127 Å². The Morgan fingerprint density at radius 3 is 2.65 bits per heavy atom. The first-order valence-electron chi connectivity index (χ1n) is 6.29. The van der Waals surface area contributed by atoms with Gasteiger partial charge in [-0.1, -0.05) is 31.5 Å². The molecule has 0 aromatic heterocycles. The van der Waals surface area contributed by atoms with Gasteiger partial charge in [-0.05, 0) is 23.6 Å². The molecule has 0 radical (unpaired) electrons. The van der Waals surface area contributed by atoms with Crippen molar-refractivity contribution in [2.75, 3.05) is 18.1 Å². The molecule has 20 heavy (non-hydrogen) atoms. The van der Waals surface area contributed by atoms with E-state index >= 15 is 0 Å². The van der Waals surface area contributed by atoms with E-state index in [4.69, 9.17) is 16.7 Å².